The second-order valence-electron chi connectivity index (χ2n) is 11.2. The highest BCUT2D eigenvalue weighted by Crippen LogP contribution is 2.35. The number of aromatic carboxylic acids is 1. The van der Waals surface area contributed by atoms with Gasteiger partial charge in [0.05, 0.1) is 23.8 Å². The molecule has 0 unspecified atom stereocenters. The second kappa shape index (κ2) is 16.8. The maximum absolute atomic E-state index is 15.3. The smallest absolute Gasteiger partial charge is 0.335 e. The lowest BCUT2D eigenvalue weighted by Gasteiger charge is -2.15. The number of ether oxygens (including phenoxy) is 2. The van der Waals surface area contributed by atoms with E-state index in [9.17, 15) is 14.7 Å². The van der Waals surface area contributed by atoms with Crippen molar-refractivity contribution < 1.29 is 28.6 Å². The van der Waals surface area contributed by atoms with Crippen LogP contribution in [0.15, 0.2) is 60.7 Å². The Morgan fingerprint density at radius 1 is 0.786 bits per heavy atom. The monoisotopic (exact) mass is 576 g/mol. The highest BCUT2D eigenvalue weighted by Gasteiger charge is 2.20. The lowest BCUT2D eigenvalue weighted by molar-refractivity contribution is 0.0639. The summed E-state index contributed by atoms with van der Waals surface area (Å²) < 4.78 is 26.8. The van der Waals surface area contributed by atoms with Crippen LogP contribution in [0.3, 0.4) is 0 Å². The number of rotatable bonds is 18. The number of benzene rings is 3. The molecule has 0 heterocycles. The van der Waals surface area contributed by atoms with Crippen LogP contribution in [0, 0.1) is 11.7 Å². The summed E-state index contributed by atoms with van der Waals surface area (Å²) in [5.74, 6) is -1.59. The largest absolute Gasteiger partial charge is 0.494 e. The number of Topliss-reactive ketones (excluding diaryl/α,β-unsaturated/α-hetero) is 1. The van der Waals surface area contributed by atoms with Gasteiger partial charge in [0.2, 0.25) is 0 Å². The van der Waals surface area contributed by atoms with E-state index in [1.165, 1.54) is 44.2 Å². The van der Waals surface area contributed by atoms with Gasteiger partial charge in [0.1, 0.15) is 11.6 Å². The molecule has 1 atom stereocenters. The molecule has 0 saturated heterocycles. The van der Waals surface area contributed by atoms with Crippen LogP contribution in [0.2, 0.25) is 0 Å². The lowest BCUT2D eigenvalue weighted by atomic mass is 9.90. The first-order valence-corrected chi connectivity index (χ1v) is 15.3. The van der Waals surface area contributed by atoms with Crippen LogP contribution in [0.1, 0.15) is 99.8 Å². The Balaban J connectivity index is 1.75. The van der Waals surface area contributed by atoms with Gasteiger partial charge in [-0.3, -0.25) is 4.79 Å². The van der Waals surface area contributed by atoms with E-state index in [0.29, 0.717) is 30.8 Å². The summed E-state index contributed by atoms with van der Waals surface area (Å²) in [6, 6.07) is 17.0. The van der Waals surface area contributed by atoms with Crippen molar-refractivity contribution in [1.29, 1.82) is 0 Å². The number of hydrogen-bond acceptors (Lipinski definition) is 4. The fraction of sp³-hybridized carbons (Fsp3) is 0.444. The van der Waals surface area contributed by atoms with Gasteiger partial charge in [0.25, 0.3) is 0 Å². The number of carboxylic acids is 1. The predicted octanol–water partition coefficient (Wildman–Crippen LogP) is 9.62. The quantitative estimate of drug-likeness (QED) is 0.121. The second-order valence-corrected chi connectivity index (χ2v) is 11.2. The zero-order valence-electron chi connectivity index (χ0n) is 25.5. The lowest BCUT2D eigenvalue weighted by Crippen LogP contribution is -2.16. The van der Waals surface area contributed by atoms with Gasteiger partial charge in [0, 0.05) is 12.5 Å². The van der Waals surface area contributed by atoms with E-state index in [0.717, 1.165) is 29.7 Å². The van der Waals surface area contributed by atoms with E-state index in [1.54, 1.807) is 31.2 Å². The standard InChI is InChI=1S/C36H45FO5/c1-5-6-7-8-9-10-11-21-42-30-16-12-27(13-17-30)31-18-15-29(36(39)40)23-33(31)28-14-19-32(34(37)24-28)35(38)26(4)20-22-41-25(2)3/h12-19,23-26H,5-11,20-22H2,1-4H3,(H,39,40)/t26-/m1/s1. The first kappa shape index (κ1) is 33.0. The van der Waals surface area contributed by atoms with Crippen LogP contribution in [0.4, 0.5) is 4.39 Å². The maximum atomic E-state index is 15.3. The topological polar surface area (TPSA) is 72.8 Å². The molecule has 0 radical (unpaired) electrons. The Labute approximate surface area is 250 Å². The van der Waals surface area contributed by atoms with Crippen LogP contribution < -0.4 is 4.74 Å². The number of unbranched alkanes of at least 4 members (excludes halogenated alkanes) is 6. The van der Waals surface area contributed by atoms with Gasteiger partial charge < -0.3 is 14.6 Å². The molecule has 5 nitrogen and oxygen atoms in total. The molecule has 3 aromatic carbocycles. The van der Waals surface area contributed by atoms with Gasteiger partial charge in [0.15, 0.2) is 5.78 Å². The van der Waals surface area contributed by atoms with Crippen LogP contribution >= 0.6 is 0 Å². The van der Waals surface area contributed by atoms with Crippen molar-refractivity contribution in [2.45, 2.75) is 85.2 Å². The van der Waals surface area contributed by atoms with Gasteiger partial charge >= 0.3 is 5.97 Å². The molecular formula is C36H45FO5. The summed E-state index contributed by atoms with van der Waals surface area (Å²) >= 11 is 0. The van der Waals surface area contributed by atoms with E-state index in [-0.39, 0.29) is 28.9 Å². The van der Waals surface area contributed by atoms with Gasteiger partial charge in [-0.1, -0.05) is 76.6 Å². The van der Waals surface area contributed by atoms with Crippen molar-refractivity contribution in [3.05, 3.63) is 77.6 Å². The molecule has 3 aromatic rings. The summed E-state index contributed by atoms with van der Waals surface area (Å²) in [5.41, 5.74) is 2.80. The summed E-state index contributed by atoms with van der Waals surface area (Å²) in [6.45, 7) is 8.95. The molecule has 0 aliphatic carbocycles. The summed E-state index contributed by atoms with van der Waals surface area (Å²) in [5, 5.41) is 9.62. The van der Waals surface area contributed by atoms with Crippen molar-refractivity contribution in [2.75, 3.05) is 13.2 Å². The molecule has 0 aromatic heterocycles. The molecule has 0 fully saturated rings. The third-order valence-corrected chi connectivity index (χ3v) is 7.44. The van der Waals surface area contributed by atoms with Crippen molar-refractivity contribution >= 4 is 11.8 Å². The molecule has 226 valence electrons. The Hall–Kier alpha value is -3.51. The SMILES string of the molecule is CCCCCCCCCOc1ccc(-c2ccc(C(=O)O)cc2-c2ccc(C(=O)[C@H](C)CCOC(C)C)c(F)c2)cc1. The van der Waals surface area contributed by atoms with Crippen molar-refractivity contribution in [2.24, 2.45) is 5.92 Å². The third-order valence-electron chi connectivity index (χ3n) is 7.44. The fourth-order valence-corrected chi connectivity index (χ4v) is 4.91. The van der Waals surface area contributed by atoms with Gasteiger partial charge in [-0.25, -0.2) is 9.18 Å². The zero-order chi connectivity index (χ0) is 30.5. The van der Waals surface area contributed by atoms with Crippen LogP contribution in [-0.2, 0) is 4.74 Å². The minimum Gasteiger partial charge on any atom is -0.494 e. The minimum atomic E-state index is -1.07. The average molecular weight is 577 g/mol. The van der Waals surface area contributed by atoms with E-state index < -0.39 is 11.8 Å². The highest BCUT2D eigenvalue weighted by atomic mass is 19.1. The van der Waals surface area contributed by atoms with Crippen molar-refractivity contribution in [3.8, 4) is 28.0 Å². The van der Waals surface area contributed by atoms with Crippen molar-refractivity contribution in [1.82, 2.24) is 0 Å². The Morgan fingerprint density at radius 2 is 1.45 bits per heavy atom. The van der Waals surface area contributed by atoms with Crippen LogP contribution in [0.25, 0.3) is 22.3 Å². The molecule has 0 aliphatic heterocycles. The highest BCUT2D eigenvalue weighted by molar-refractivity contribution is 5.99. The molecule has 0 saturated carbocycles. The Morgan fingerprint density at radius 3 is 2.10 bits per heavy atom. The average Bonchev–Trinajstić information content (AvgIpc) is 2.98. The van der Waals surface area contributed by atoms with E-state index >= 15 is 4.39 Å². The number of carbonyl (C=O) groups excluding carboxylic acids is 1. The van der Waals surface area contributed by atoms with Gasteiger partial charge in [-0.05, 0) is 85.3 Å². The number of hydrogen-bond donors (Lipinski definition) is 1. The molecule has 0 spiro atoms. The summed E-state index contributed by atoms with van der Waals surface area (Å²) in [7, 11) is 0. The van der Waals surface area contributed by atoms with Crippen LogP contribution in [0.5, 0.6) is 5.75 Å². The first-order valence-electron chi connectivity index (χ1n) is 15.3. The molecule has 0 bridgehead atoms. The van der Waals surface area contributed by atoms with Gasteiger partial charge in [-0.2, -0.15) is 0 Å². The molecular weight excluding hydrogens is 531 g/mol. The number of carboxylic acid groups (broad SMARTS) is 1. The molecule has 6 heteroatoms. The summed E-state index contributed by atoms with van der Waals surface area (Å²) in [6.07, 6.45) is 9.12. The molecule has 1 N–H and O–H groups in total. The Bertz CT molecular complexity index is 1300. The number of ketones is 1. The first-order chi connectivity index (χ1) is 20.2. The van der Waals surface area contributed by atoms with E-state index in [4.69, 9.17) is 9.47 Å². The molecule has 42 heavy (non-hydrogen) atoms. The molecule has 0 amide bonds. The van der Waals surface area contributed by atoms with Crippen molar-refractivity contribution in [3.63, 3.8) is 0 Å². The predicted molar refractivity (Wildman–Crippen MR) is 167 cm³/mol. The zero-order valence-corrected chi connectivity index (χ0v) is 25.5. The molecule has 3 rings (SSSR count). The number of halogens is 1. The molecule has 0 aliphatic rings. The van der Waals surface area contributed by atoms with Crippen LogP contribution in [-0.4, -0.2) is 36.2 Å². The fourth-order valence-electron chi connectivity index (χ4n) is 4.91. The normalized spacial score (nSPS) is 12.0. The van der Waals surface area contributed by atoms with E-state index in [2.05, 4.69) is 6.92 Å². The number of carbonyl (C=O) groups is 2. The van der Waals surface area contributed by atoms with Gasteiger partial charge in [-0.15, -0.1) is 0 Å². The third kappa shape index (κ3) is 9.80. The summed E-state index contributed by atoms with van der Waals surface area (Å²) in [4.78, 5) is 24.7. The van der Waals surface area contributed by atoms with E-state index in [1.807, 2.05) is 38.1 Å². The Kier molecular flexibility index (Phi) is 13.2. The minimum absolute atomic E-state index is 0.0224. The maximum Gasteiger partial charge on any atom is 0.335 e.